The van der Waals surface area contributed by atoms with Crippen LogP contribution in [0.15, 0.2) is 28.9 Å². The number of nitrogens with one attached hydrogen (secondary N) is 1. The quantitative estimate of drug-likeness (QED) is 0.511. The first-order valence-electron chi connectivity index (χ1n) is 3.35. The van der Waals surface area contributed by atoms with E-state index < -0.39 is 0 Å². The summed E-state index contributed by atoms with van der Waals surface area (Å²) >= 11 is 5.61. The molecule has 0 saturated carbocycles. The predicted octanol–water partition coefficient (Wildman–Crippen LogP) is 1.93. The van der Waals surface area contributed by atoms with Crippen molar-refractivity contribution in [3.05, 3.63) is 23.9 Å². The highest BCUT2D eigenvalue weighted by Crippen LogP contribution is 1.90. The highest BCUT2D eigenvalue weighted by molar-refractivity contribution is 6.68. The van der Waals surface area contributed by atoms with E-state index in [0.29, 0.717) is 5.17 Å². The Bertz CT molecular complexity index is 192. The van der Waals surface area contributed by atoms with Gasteiger partial charge in [0, 0.05) is 19.8 Å². The third-order valence-corrected chi connectivity index (χ3v) is 1.48. The normalized spacial score (nSPS) is 14.2. The number of allylic oxidation sites excluding steroid dienone is 4. The molecule has 0 aliphatic carbocycles. The average Bonchev–Trinajstić information content (AvgIpc) is 2.04. The van der Waals surface area contributed by atoms with Gasteiger partial charge in [0.15, 0.2) is 0 Å². The van der Waals surface area contributed by atoms with Crippen LogP contribution < -0.4 is 5.32 Å². The predicted molar refractivity (Wildman–Crippen MR) is 51.2 cm³/mol. The van der Waals surface area contributed by atoms with Gasteiger partial charge in [-0.15, -0.1) is 0 Å². The van der Waals surface area contributed by atoms with Crippen LogP contribution in [0.4, 0.5) is 0 Å². The van der Waals surface area contributed by atoms with Crippen molar-refractivity contribution in [2.75, 3.05) is 14.1 Å². The third kappa shape index (κ3) is 5.67. The molecule has 0 aromatic carbocycles. The van der Waals surface area contributed by atoms with E-state index >= 15 is 0 Å². The van der Waals surface area contributed by atoms with Crippen LogP contribution in [0.5, 0.6) is 0 Å². The molecular weight excluding hydrogens is 160 g/mol. The molecule has 0 radical (unpaired) electrons. The Kier molecular flexibility index (Phi) is 5.57. The van der Waals surface area contributed by atoms with E-state index in [2.05, 4.69) is 10.3 Å². The number of hydrogen-bond acceptors (Lipinski definition) is 2. The summed E-state index contributed by atoms with van der Waals surface area (Å²) in [4.78, 5) is 3.76. The largest absolute Gasteiger partial charge is 0.392 e. The van der Waals surface area contributed by atoms with Crippen LogP contribution >= 0.6 is 11.6 Å². The van der Waals surface area contributed by atoms with Gasteiger partial charge in [-0.25, -0.2) is 0 Å². The van der Waals surface area contributed by atoms with Crippen LogP contribution in [0.3, 0.4) is 0 Å². The highest BCUT2D eigenvalue weighted by atomic mass is 35.5. The van der Waals surface area contributed by atoms with Crippen molar-refractivity contribution in [2.24, 2.45) is 4.99 Å². The van der Waals surface area contributed by atoms with E-state index in [9.17, 15) is 0 Å². The molecule has 0 aliphatic heterocycles. The maximum atomic E-state index is 5.61. The number of hydrogen-bond donors (Lipinski definition) is 1. The summed E-state index contributed by atoms with van der Waals surface area (Å²) in [5.74, 6) is 0. The topological polar surface area (TPSA) is 24.4 Å². The van der Waals surface area contributed by atoms with Crippen molar-refractivity contribution < 1.29 is 0 Å². The lowest BCUT2D eigenvalue weighted by Gasteiger charge is -1.93. The standard InChI is InChI=1S/C8H13ClN2/c1-7(10-2)5-4-6-8(9)11-3/h4-6,10H,1-3H3/b6-4+,7-5-,11-8+. The molecule has 62 valence electrons. The molecule has 0 saturated heterocycles. The van der Waals surface area contributed by atoms with Crippen molar-refractivity contribution in [3.63, 3.8) is 0 Å². The minimum atomic E-state index is 0.505. The molecule has 0 aromatic rings. The van der Waals surface area contributed by atoms with Crippen LogP contribution in [0.25, 0.3) is 0 Å². The first-order chi connectivity index (χ1) is 5.20. The molecule has 0 atom stereocenters. The summed E-state index contributed by atoms with van der Waals surface area (Å²) in [5, 5.41) is 3.49. The van der Waals surface area contributed by atoms with E-state index in [1.807, 2.05) is 26.1 Å². The zero-order valence-corrected chi connectivity index (χ0v) is 7.81. The SMILES string of the molecule is C\N=C(Cl)/C=C/C=C(/C)NC. The highest BCUT2D eigenvalue weighted by Gasteiger charge is 1.80. The van der Waals surface area contributed by atoms with Crippen LogP contribution in [-0.2, 0) is 0 Å². The third-order valence-electron chi connectivity index (χ3n) is 1.19. The summed E-state index contributed by atoms with van der Waals surface area (Å²) in [6.07, 6.45) is 5.51. The number of nitrogens with zero attached hydrogens (tertiary/aromatic N) is 1. The molecule has 0 bridgehead atoms. The maximum absolute atomic E-state index is 5.61. The average molecular weight is 173 g/mol. The van der Waals surface area contributed by atoms with E-state index in [0.717, 1.165) is 5.70 Å². The fourth-order valence-electron chi connectivity index (χ4n) is 0.430. The van der Waals surface area contributed by atoms with Gasteiger partial charge in [0.25, 0.3) is 0 Å². The number of rotatable bonds is 3. The molecule has 0 unspecified atom stereocenters. The molecule has 1 N–H and O–H groups in total. The first kappa shape index (κ1) is 10.2. The second kappa shape index (κ2) is 5.98. The van der Waals surface area contributed by atoms with Crippen molar-refractivity contribution in [1.29, 1.82) is 0 Å². The van der Waals surface area contributed by atoms with Crippen molar-refractivity contribution in [1.82, 2.24) is 5.32 Å². The van der Waals surface area contributed by atoms with Crippen molar-refractivity contribution in [2.45, 2.75) is 6.92 Å². The lowest BCUT2D eigenvalue weighted by atomic mass is 10.4. The molecule has 0 heterocycles. The van der Waals surface area contributed by atoms with Gasteiger partial charge in [0.2, 0.25) is 0 Å². The number of halogens is 1. The van der Waals surface area contributed by atoms with Crippen LogP contribution in [-0.4, -0.2) is 19.3 Å². The fraction of sp³-hybridized carbons (Fsp3) is 0.375. The number of aliphatic imine (C=N–C) groups is 1. The summed E-state index contributed by atoms with van der Waals surface area (Å²) in [6.45, 7) is 1.97. The Morgan fingerprint density at radius 1 is 1.55 bits per heavy atom. The van der Waals surface area contributed by atoms with Gasteiger partial charge in [0.05, 0.1) is 0 Å². The molecule has 0 aromatic heterocycles. The van der Waals surface area contributed by atoms with Crippen molar-refractivity contribution >= 4 is 16.8 Å². The lowest BCUT2D eigenvalue weighted by Crippen LogP contribution is -2.00. The second-order valence-corrected chi connectivity index (χ2v) is 2.39. The molecule has 0 amide bonds. The Balaban J connectivity index is 3.96. The Morgan fingerprint density at radius 3 is 2.64 bits per heavy atom. The van der Waals surface area contributed by atoms with Crippen LogP contribution in [0.1, 0.15) is 6.92 Å². The molecule has 0 fully saturated rings. The van der Waals surface area contributed by atoms with Crippen LogP contribution in [0, 0.1) is 0 Å². The minimum absolute atomic E-state index is 0.505. The van der Waals surface area contributed by atoms with Gasteiger partial charge in [0.1, 0.15) is 5.17 Å². The Morgan fingerprint density at radius 2 is 2.18 bits per heavy atom. The zero-order chi connectivity index (χ0) is 8.69. The molecule has 11 heavy (non-hydrogen) atoms. The molecule has 0 rings (SSSR count). The minimum Gasteiger partial charge on any atom is -0.392 e. The summed E-state index contributed by atoms with van der Waals surface area (Å²) in [5.41, 5.74) is 1.09. The molecule has 0 spiro atoms. The molecule has 0 aliphatic rings. The van der Waals surface area contributed by atoms with Gasteiger partial charge in [-0.1, -0.05) is 17.7 Å². The smallest absolute Gasteiger partial charge is 0.123 e. The van der Waals surface area contributed by atoms with Gasteiger partial charge in [-0.2, -0.15) is 0 Å². The van der Waals surface area contributed by atoms with Gasteiger partial charge in [-0.3, -0.25) is 4.99 Å². The van der Waals surface area contributed by atoms with E-state index in [-0.39, 0.29) is 0 Å². The van der Waals surface area contributed by atoms with Crippen molar-refractivity contribution in [3.8, 4) is 0 Å². The Labute approximate surface area is 72.7 Å². The molecule has 2 nitrogen and oxygen atoms in total. The lowest BCUT2D eigenvalue weighted by molar-refractivity contribution is 0.990. The van der Waals surface area contributed by atoms with E-state index in [1.165, 1.54) is 0 Å². The zero-order valence-electron chi connectivity index (χ0n) is 7.06. The first-order valence-corrected chi connectivity index (χ1v) is 3.73. The van der Waals surface area contributed by atoms with Crippen LogP contribution in [0.2, 0.25) is 0 Å². The van der Waals surface area contributed by atoms with E-state index in [1.54, 1.807) is 13.1 Å². The summed E-state index contributed by atoms with van der Waals surface area (Å²) in [6, 6.07) is 0. The maximum Gasteiger partial charge on any atom is 0.123 e. The summed E-state index contributed by atoms with van der Waals surface area (Å²) in [7, 11) is 3.52. The van der Waals surface area contributed by atoms with Gasteiger partial charge >= 0.3 is 0 Å². The second-order valence-electron chi connectivity index (χ2n) is 2.01. The fourth-order valence-corrected chi connectivity index (χ4v) is 0.502. The van der Waals surface area contributed by atoms with Gasteiger partial charge in [-0.05, 0) is 19.1 Å². The molecular formula is C8H13ClN2. The van der Waals surface area contributed by atoms with E-state index in [4.69, 9.17) is 11.6 Å². The van der Waals surface area contributed by atoms with Gasteiger partial charge < -0.3 is 5.32 Å². The molecule has 3 heteroatoms. The monoisotopic (exact) mass is 172 g/mol. The Hall–Kier alpha value is -0.760. The summed E-state index contributed by atoms with van der Waals surface area (Å²) < 4.78 is 0.